The molecule has 0 aliphatic heterocycles. The van der Waals surface area contributed by atoms with Crippen LogP contribution >= 0.6 is 11.8 Å². The summed E-state index contributed by atoms with van der Waals surface area (Å²) < 4.78 is 0. The van der Waals surface area contributed by atoms with Crippen molar-refractivity contribution in [1.82, 2.24) is 10.3 Å². The molecule has 0 radical (unpaired) electrons. The lowest BCUT2D eigenvalue weighted by molar-refractivity contribution is -0.139. The van der Waals surface area contributed by atoms with E-state index in [1.807, 2.05) is 6.26 Å². The summed E-state index contributed by atoms with van der Waals surface area (Å²) in [6.07, 6.45) is 3.64. The van der Waals surface area contributed by atoms with Gasteiger partial charge in [0.2, 0.25) is 0 Å². The van der Waals surface area contributed by atoms with Crippen molar-refractivity contribution in [3.8, 4) is 0 Å². The van der Waals surface area contributed by atoms with Gasteiger partial charge in [-0.25, -0.2) is 4.79 Å². The standard InChI is InChI=1S/C12H16N2O4S/c1-7(15)8-5-10(13-6-8)11(16)14-9(12(17)18)3-4-19-2/h5-6,9,13H,3-4H2,1-2H3,(H,14,16)(H,17,18). The van der Waals surface area contributed by atoms with E-state index in [4.69, 9.17) is 5.11 Å². The molecule has 0 bridgehead atoms. The number of H-pyrrole nitrogens is 1. The Morgan fingerprint density at radius 1 is 1.47 bits per heavy atom. The van der Waals surface area contributed by atoms with Gasteiger partial charge in [0, 0.05) is 11.8 Å². The first kappa shape index (κ1) is 15.3. The number of carboxylic acid groups (broad SMARTS) is 1. The molecule has 1 aromatic rings. The molecular weight excluding hydrogens is 268 g/mol. The fraction of sp³-hybridized carbons (Fsp3) is 0.417. The van der Waals surface area contributed by atoms with Gasteiger partial charge in [0.1, 0.15) is 11.7 Å². The Kier molecular flexibility index (Phi) is 5.62. The van der Waals surface area contributed by atoms with Crippen LogP contribution in [0.4, 0.5) is 0 Å². The highest BCUT2D eigenvalue weighted by molar-refractivity contribution is 7.98. The van der Waals surface area contributed by atoms with E-state index in [2.05, 4.69) is 10.3 Å². The van der Waals surface area contributed by atoms with Gasteiger partial charge < -0.3 is 15.4 Å². The SMILES string of the molecule is CSCCC(NC(=O)c1cc(C(C)=O)c[nH]1)C(=O)O. The van der Waals surface area contributed by atoms with E-state index in [1.165, 1.54) is 30.9 Å². The third-order valence-corrected chi connectivity index (χ3v) is 3.19. The first-order valence-electron chi connectivity index (χ1n) is 5.67. The minimum atomic E-state index is -1.07. The Balaban J connectivity index is 2.70. The molecule has 7 heteroatoms. The summed E-state index contributed by atoms with van der Waals surface area (Å²) in [5.41, 5.74) is 0.571. The second kappa shape index (κ2) is 6.98. The molecule has 1 amide bonds. The minimum Gasteiger partial charge on any atom is -0.480 e. The van der Waals surface area contributed by atoms with Crippen molar-refractivity contribution in [1.29, 1.82) is 0 Å². The van der Waals surface area contributed by atoms with E-state index in [0.29, 0.717) is 17.7 Å². The maximum Gasteiger partial charge on any atom is 0.326 e. The Labute approximate surface area is 115 Å². The Bertz CT molecular complexity index is 484. The number of aliphatic carboxylic acids is 1. The van der Waals surface area contributed by atoms with Crippen LogP contribution in [0.15, 0.2) is 12.3 Å². The van der Waals surface area contributed by atoms with Crippen molar-refractivity contribution in [3.63, 3.8) is 0 Å². The number of nitrogens with one attached hydrogen (secondary N) is 2. The van der Waals surface area contributed by atoms with Crippen LogP contribution < -0.4 is 5.32 Å². The molecule has 0 aliphatic carbocycles. The van der Waals surface area contributed by atoms with E-state index in [-0.39, 0.29) is 11.5 Å². The summed E-state index contributed by atoms with van der Waals surface area (Å²) in [5.74, 6) is -1.12. The van der Waals surface area contributed by atoms with Gasteiger partial charge in [0.15, 0.2) is 5.78 Å². The van der Waals surface area contributed by atoms with Gasteiger partial charge in [0.25, 0.3) is 5.91 Å². The number of hydrogen-bond donors (Lipinski definition) is 3. The first-order chi connectivity index (χ1) is 8.95. The molecular formula is C12H16N2O4S. The summed E-state index contributed by atoms with van der Waals surface area (Å²) in [6, 6.07) is 0.481. The largest absolute Gasteiger partial charge is 0.480 e. The molecule has 0 fully saturated rings. The van der Waals surface area contributed by atoms with E-state index in [1.54, 1.807) is 0 Å². The van der Waals surface area contributed by atoms with Crippen molar-refractivity contribution in [2.45, 2.75) is 19.4 Å². The number of ketones is 1. The average Bonchev–Trinajstić information content (AvgIpc) is 2.83. The summed E-state index contributed by atoms with van der Waals surface area (Å²) >= 11 is 1.51. The highest BCUT2D eigenvalue weighted by Gasteiger charge is 2.21. The zero-order valence-corrected chi connectivity index (χ0v) is 11.5. The molecule has 6 nitrogen and oxygen atoms in total. The number of amides is 1. The number of thioether (sulfide) groups is 1. The molecule has 1 unspecified atom stereocenters. The zero-order valence-electron chi connectivity index (χ0n) is 10.7. The van der Waals surface area contributed by atoms with Crippen LogP contribution in [-0.4, -0.2) is 45.8 Å². The van der Waals surface area contributed by atoms with Gasteiger partial charge in [-0.15, -0.1) is 0 Å². The average molecular weight is 284 g/mol. The number of aromatic amines is 1. The summed E-state index contributed by atoms with van der Waals surface area (Å²) in [5, 5.41) is 11.4. The van der Waals surface area contributed by atoms with E-state index in [0.717, 1.165) is 0 Å². The van der Waals surface area contributed by atoms with Gasteiger partial charge in [-0.2, -0.15) is 11.8 Å². The van der Waals surface area contributed by atoms with Crippen LogP contribution in [0.25, 0.3) is 0 Å². The van der Waals surface area contributed by atoms with Crippen LogP contribution in [-0.2, 0) is 4.79 Å². The molecule has 0 saturated carbocycles. The Morgan fingerprint density at radius 2 is 2.16 bits per heavy atom. The van der Waals surface area contributed by atoms with Crippen molar-refractivity contribution >= 4 is 29.4 Å². The van der Waals surface area contributed by atoms with Gasteiger partial charge >= 0.3 is 5.97 Å². The highest BCUT2D eigenvalue weighted by atomic mass is 32.2. The van der Waals surface area contributed by atoms with Crippen LogP contribution in [0.2, 0.25) is 0 Å². The molecule has 1 aromatic heterocycles. The van der Waals surface area contributed by atoms with Gasteiger partial charge in [0.05, 0.1) is 0 Å². The fourth-order valence-electron chi connectivity index (χ4n) is 1.46. The van der Waals surface area contributed by atoms with Gasteiger partial charge in [-0.3, -0.25) is 9.59 Å². The van der Waals surface area contributed by atoms with Gasteiger partial charge in [-0.1, -0.05) is 0 Å². The normalized spacial score (nSPS) is 11.9. The van der Waals surface area contributed by atoms with Crippen LogP contribution in [0.5, 0.6) is 0 Å². The number of carbonyl (C=O) groups is 3. The lowest BCUT2D eigenvalue weighted by atomic mass is 10.2. The third kappa shape index (κ3) is 4.44. The molecule has 0 aromatic carbocycles. The molecule has 1 atom stereocenters. The van der Waals surface area contributed by atoms with Crippen LogP contribution in [0.3, 0.4) is 0 Å². The fourth-order valence-corrected chi connectivity index (χ4v) is 1.93. The number of Topliss-reactive ketones (excluding diaryl/α,β-unsaturated/α-hetero) is 1. The van der Waals surface area contributed by atoms with E-state index < -0.39 is 17.9 Å². The molecule has 0 aliphatic rings. The maximum atomic E-state index is 11.8. The van der Waals surface area contributed by atoms with Crippen LogP contribution in [0.1, 0.15) is 34.2 Å². The maximum absolute atomic E-state index is 11.8. The third-order valence-electron chi connectivity index (χ3n) is 2.55. The number of aromatic nitrogens is 1. The van der Waals surface area contributed by atoms with E-state index in [9.17, 15) is 14.4 Å². The van der Waals surface area contributed by atoms with E-state index >= 15 is 0 Å². The van der Waals surface area contributed by atoms with Crippen molar-refractivity contribution in [2.75, 3.05) is 12.0 Å². The second-order valence-corrected chi connectivity index (χ2v) is 4.99. The topological polar surface area (TPSA) is 99.3 Å². The lowest BCUT2D eigenvalue weighted by Crippen LogP contribution is -2.41. The predicted molar refractivity (Wildman–Crippen MR) is 72.7 cm³/mol. The van der Waals surface area contributed by atoms with Crippen molar-refractivity contribution in [3.05, 3.63) is 23.5 Å². The molecule has 0 spiro atoms. The summed E-state index contributed by atoms with van der Waals surface area (Å²) in [4.78, 5) is 36.6. The molecule has 3 N–H and O–H groups in total. The van der Waals surface area contributed by atoms with Gasteiger partial charge in [-0.05, 0) is 31.4 Å². The quantitative estimate of drug-likeness (QED) is 0.652. The smallest absolute Gasteiger partial charge is 0.326 e. The molecule has 19 heavy (non-hydrogen) atoms. The number of carbonyl (C=O) groups excluding carboxylic acids is 2. The number of carboxylic acids is 1. The highest BCUT2D eigenvalue weighted by Crippen LogP contribution is 2.06. The number of hydrogen-bond acceptors (Lipinski definition) is 4. The first-order valence-corrected chi connectivity index (χ1v) is 7.07. The predicted octanol–water partition coefficient (Wildman–Crippen LogP) is 1.15. The van der Waals surface area contributed by atoms with Crippen LogP contribution in [0, 0.1) is 0 Å². The lowest BCUT2D eigenvalue weighted by Gasteiger charge is -2.13. The summed E-state index contributed by atoms with van der Waals surface area (Å²) in [6.45, 7) is 1.39. The molecule has 0 saturated heterocycles. The Hall–Kier alpha value is -1.76. The Morgan fingerprint density at radius 3 is 2.63 bits per heavy atom. The zero-order chi connectivity index (χ0) is 14.4. The minimum absolute atomic E-state index is 0.160. The molecule has 1 heterocycles. The molecule has 1 rings (SSSR count). The second-order valence-electron chi connectivity index (χ2n) is 4.00. The van der Waals surface area contributed by atoms with Crippen molar-refractivity contribution in [2.24, 2.45) is 0 Å². The number of rotatable bonds is 7. The summed E-state index contributed by atoms with van der Waals surface area (Å²) in [7, 11) is 0. The monoisotopic (exact) mass is 284 g/mol. The molecule has 104 valence electrons. The van der Waals surface area contributed by atoms with Crippen molar-refractivity contribution < 1.29 is 19.5 Å².